The molecule has 2 unspecified atom stereocenters. The summed E-state index contributed by atoms with van der Waals surface area (Å²) in [5.41, 5.74) is 0. The summed E-state index contributed by atoms with van der Waals surface area (Å²) in [4.78, 5) is 4.12. The van der Waals surface area contributed by atoms with Crippen LogP contribution in [-0.2, 0) is 0 Å². The molecular formula is C9H16N4O. The molecule has 14 heavy (non-hydrogen) atoms. The minimum atomic E-state index is 0.450. The molecule has 1 saturated heterocycles. The van der Waals surface area contributed by atoms with Crippen molar-refractivity contribution in [1.82, 2.24) is 15.5 Å². The Labute approximate surface area is 83.3 Å². The summed E-state index contributed by atoms with van der Waals surface area (Å²) in [5.74, 6) is 0.675. The van der Waals surface area contributed by atoms with Gasteiger partial charge in [0.2, 0.25) is 0 Å². The van der Waals surface area contributed by atoms with Crippen LogP contribution in [0.2, 0.25) is 0 Å². The Bertz CT molecular complexity index is 299. The van der Waals surface area contributed by atoms with Crippen LogP contribution >= 0.6 is 0 Å². The van der Waals surface area contributed by atoms with E-state index >= 15 is 0 Å². The van der Waals surface area contributed by atoms with Gasteiger partial charge < -0.3 is 15.2 Å². The lowest BCUT2D eigenvalue weighted by Crippen LogP contribution is -2.41. The first-order valence-corrected chi connectivity index (χ1v) is 5.04. The van der Waals surface area contributed by atoms with Crippen molar-refractivity contribution in [3.8, 4) is 0 Å². The van der Waals surface area contributed by atoms with E-state index in [4.69, 9.17) is 4.52 Å². The zero-order valence-corrected chi connectivity index (χ0v) is 8.58. The Balaban J connectivity index is 1.90. The van der Waals surface area contributed by atoms with Gasteiger partial charge in [-0.3, -0.25) is 0 Å². The maximum atomic E-state index is 5.01. The van der Waals surface area contributed by atoms with E-state index < -0.39 is 0 Å². The number of rotatable bonds is 2. The molecule has 2 atom stereocenters. The van der Waals surface area contributed by atoms with Crippen molar-refractivity contribution < 1.29 is 4.52 Å². The van der Waals surface area contributed by atoms with Crippen LogP contribution in [0, 0.1) is 6.92 Å². The lowest BCUT2D eigenvalue weighted by molar-refractivity contribution is 0.376. The normalized spacial score (nSPS) is 27.6. The smallest absolute Gasteiger partial charge is 0.321 e. The minimum absolute atomic E-state index is 0.450. The zero-order chi connectivity index (χ0) is 9.97. The SMILES string of the molecule is Cc1noc(NC2CCNC(C)C2)n1. The molecule has 0 saturated carbocycles. The summed E-state index contributed by atoms with van der Waals surface area (Å²) in [6, 6.07) is 1.55. The molecule has 5 nitrogen and oxygen atoms in total. The number of nitrogens with one attached hydrogen (secondary N) is 2. The summed E-state index contributed by atoms with van der Waals surface area (Å²) in [6.45, 7) is 5.05. The number of nitrogens with zero attached hydrogens (tertiary/aromatic N) is 2. The monoisotopic (exact) mass is 196 g/mol. The van der Waals surface area contributed by atoms with E-state index in [1.165, 1.54) is 0 Å². The fourth-order valence-corrected chi connectivity index (χ4v) is 1.79. The molecule has 1 aromatic rings. The molecular weight excluding hydrogens is 180 g/mol. The summed E-state index contributed by atoms with van der Waals surface area (Å²) in [6.07, 6.45) is 2.20. The molecule has 0 aromatic carbocycles. The number of aromatic nitrogens is 2. The van der Waals surface area contributed by atoms with Gasteiger partial charge in [0.15, 0.2) is 5.82 Å². The van der Waals surface area contributed by atoms with Gasteiger partial charge in [-0.25, -0.2) is 0 Å². The molecule has 0 radical (unpaired) electrons. The van der Waals surface area contributed by atoms with Crippen LogP contribution in [0.15, 0.2) is 4.52 Å². The fraction of sp³-hybridized carbons (Fsp3) is 0.778. The molecule has 0 bridgehead atoms. The van der Waals surface area contributed by atoms with E-state index in [1.807, 2.05) is 6.92 Å². The number of hydrogen-bond donors (Lipinski definition) is 2. The highest BCUT2D eigenvalue weighted by atomic mass is 16.5. The van der Waals surface area contributed by atoms with Crippen molar-refractivity contribution in [1.29, 1.82) is 0 Å². The number of anilines is 1. The van der Waals surface area contributed by atoms with Crippen LogP contribution in [0.4, 0.5) is 6.01 Å². The second kappa shape index (κ2) is 3.96. The molecule has 0 amide bonds. The van der Waals surface area contributed by atoms with Gasteiger partial charge in [-0.2, -0.15) is 4.98 Å². The first-order valence-electron chi connectivity index (χ1n) is 5.04. The minimum Gasteiger partial charge on any atom is -0.335 e. The molecule has 5 heteroatoms. The highest BCUT2D eigenvalue weighted by Gasteiger charge is 2.19. The van der Waals surface area contributed by atoms with E-state index in [-0.39, 0.29) is 0 Å². The quantitative estimate of drug-likeness (QED) is 0.736. The van der Waals surface area contributed by atoms with Gasteiger partial charge in [0.05, 0.1) is 0 Å². The predicted molar refractivity (Wildman–Crippen MR) is 53.1 cm³/mol. The highest BCUT2D eigenvalue weighted by molar-refractivity contribution is 5.20. The largest absolute Gasteiger partial charge is 0.335 e. The number of aryl methyl sites for hydroxylation is 1. The van der Waals surface area contributed by atoms with Crippen molar-refractivity contribution in [3.63, 3.8) is 0 Å². The lowest BCUT2D eigenvalue weighted by atomic mass is 10.0. The summed E-state index contributed by atoms with van der Waals surface area (Å²) in [5, 5.41) is 10.4. The molecule has 2 rings (SSSR count). The Morgan fingerprint density at radius 2 is 2.43 bits per heavy atom. The molecule has 1 aliphatic heterocycles. The molecule has 2 N–H and O–H groups in total. The van der Waals surface area contributed by atoms with Crippen LogP contribution in [0.3, 0.4) is 0 Å². The molecule has 78 valence electrons. The first kappa shape index (κ1) is 9.45. The topological polar surface area (TPSA) is 63.0 Å². The molecule has 1 fully saturated rings. The highest BCUT2D eigenvalue weighted by Crippen LogP contribution is 2.13. The average Bonchev–Trinajstić information content (AvgIpc) is 2.51. The van der Waals surface area contributed by atoms with Gasteiger partial charge >= 0.3 is 6.01 Å². The van der Waals surface area contributed by atoms with Crippen molar-refractivity contribution in [3.05, 3.63) is 5.82 Å². The average molecular weight is 196 g/mol. The third kappa shape index (κ3) is 2.23. The Morgan fingerprint density at radius 3 is 3.07 bits per heavy atom. The van der Waals surface area contributed by atoms with Gasteiger partial charge in [0.25, 0.3) is 0 Å². The van der Waals surface area contributed by atoms with Gasteiger partial charge in [-0.1, -0.05) is 5.16 Å². The zero-order valence-electron chi connectivity index (χ0n) is 8.58. The summed E-state index contributed by atoms with van der Waals surface area (Å²) < 4.78 is 5.01. The van der Waals surface area contributed by atoms with E-state index in [2.05, 4.69) is 27.7 Å². The molecule has 1 aliphatic rings. The van der Waals surface area contributed by atoms with E-state index in [0.717, 1.165) is 19.4 Å². The van der Waals surface area contributed by atoms with E-state index in [1.54, 1.807) is 0 Å². The summed E-state index contributed by atoms with van der Waals surface area (Å²) in [7, 11) is 0. The molecule has 0 spiro atoms. The summed E-state index contributed by atoms with van der Waals surface area (Å²) >= 11 is 0. The van der Waals surface area contributed by atoms with Gasteiger partial charge in [0.1, 0.15) is 0 Å². The number of piperidine rings is 1. The van der Waals surface area contributed by atoms with Gasteiger partial charge in [-0.05, 0) is 33.2 Å². The standard InChI is InChI=1S/C9H16N4O/c1-6-5-8(3-4-10-6)12-9-11-7(2)13-14-9/h6,8,10H,3-5H2,1-2H3,(H,11,12,13). The second-order valence-corrected chi connectivity index (χ2v) is 3.87. The van der Waals surface area contributed by atoms with E-state index in [9.17, 15) is 0 Å². The number of hydrogen-bond acceptors (Lipinski definition) is 5. The predicted octanol–water partition coefficient (Wildman–Crippen LogP) is 0.930. The van der Waals surface area contributed by atoms with Crippen LogP contribution in [0.1, 0.15) is 25.6 Å². The Kier molecular flexibility index (Phi) is 2.67. The molecule has 1 aromatic heterocycles. The van der Waals surface area contributed by atoms with Crippen molar-refractivity contribution in [2.24, 2.45) is 0 Å². The lowest BCUT2D eigenvalue weighted by Gasteiger charge is -2.27. The first-order chi connectivity index (χ1) is 6.74. The fourth-order valence-electron chi connectivity index (χ4n) is 1.79. The van der Waals surface area contributed by atoms with E-state index in [0.29, 0.717) is 23.9 Å². The van der Waals surface area contributed by atoms with Crippen molar-refractivity contribution in [2.75, 3.05) is 11.9 Å². The van der Waals surface area contributed by atoms with Crippen LogP contribution in [0.5, 0.6) is 0 Å². The van der Waals surface area contributed by atoms with Gasteiger partial charge in [0, 0.05) is 12.1 Å². The second-order valence-electron chi connectivity index (χ2n) is 3.87. The maximum absolute atomic E-state index is 5.01. The van der Waals surface area contributed by atoms with Crippen LogP contribution in [-0.4, -0.2) is 28.8 Å². The van der Waals surface area contributed by atoms with Crippen molar-refractivity contribution in [2.45, 2.75) is 38.8 Å². The third-order valence-corrected chi connectivity index (χ3v) is 2.48. The van der Waals surface area contributed by atoms with Crippen LogP contribution < -0.4 is 10.6 Å². The molecule has 2 heterocycles. The maximum Gasteiger partial charge on any atom is 0.321 e. The van der Waals surface area contributed by atoms with Gasteiger partial charge in [-0.15, -0.1) is 0 Å². The van der Waals surface area contributed by atoms with Crippen molar-refractivity contribution >= 4 is 6.01 Å². The molecule has 0 aliphatic carbocycles. The Hall–Kier alpha value is -1.10. The Morgan fingerprint density at radius 1 is 1.57 bits per heavy atom. The third-order valence-electron chi connectivity index (χ3n) is 2.48. The van der Waals surface area contributed by atoms with Crippen LogP contribution in [0.25, 0.3) is 0 Å².